The second kappa shape index (κ2) is 7.29. The molecule has 0 fully saturated rings. The highest BCUT2D eigenvalue weighted by molar-refractivity contribution is 6.00. The summed E-state index contributed by atoms with van der Waals surface area (Å²) in [7, 11) is 1.59. The zero-order valence-electron chi connectivity index (χ0n) is 17.2. The van der Waals surface area contributed by atoms with E-state index >= 15 is 0 Å². The van der Waals surface area contributed by atoms with Gasteiger partial charge < -0.3 is 10.1 Å². The number of aromatic nitrogens is 4. The molecule has 0 radical (unpaired) electrons. The van der Waals surface area contributed by atoms with Gasteiger partial charge in [-0.25, -0.2) is 14.6 Å². The van der Waals surface area contributed by atoms with Crippen LogP contribution in [-0.2, 0) is 28.3 Å². The molecule has 0 saturated heterocycles. The first kappa shape index (κ1) is 21.2. The Balaban J connectivity index is 1.54. The number of aryl methyl sites for hydroxylation is 2. The number of alkyl halides is 3. The monoisotopic (exact) mass is 438 g/mol. The quantitative estimate of drug-likeness (QED) is 0.785. The fourth-order valence-corrected chi connectivity index (χ4v) is 3.95. The molecule has 0 bridgehead atoms. The van der Waals surface area contributed by atoms with Gasteiger partial charge in [0.15, 0.2) is 0 Å². The van der Waals surface area contributed by atoms with Gasteiger partial charge in [-0.15, -0.1) is 0 Å². The molecule has 1 N–H and O–H groups in total. The van der Waals surface area contributed by atoms with Crippen molar-refractivity contribution in [2.24, 2.45) is 0 Å². The number of likely N-dealkylation sites (N-methyl/N-ethyl adjacent to an activating group) is 1. The van der Waals surface area contributed by atoms with Crippen LogP contribution in [0.3, 0.4) is 0 Å². The van der Waals surface area contributed by atoms with Gasteiger partial charge >= 0.3 is 6.18 Å². The Labute approximate surface area is 175 Å². The summed E-state index contributed by atoms with van der Waals surface area (Å²) < 4.78 is 46.0. The molecular weight excluding hydrogens is 417 g/mol. The van der Waals surface area contributed by atoms with Crippen molar-refractivity contribution < 1.29 is 27.5 Å². The lowest BCUT2D eigenvalue weighted by Crippen LogP contribution is -2.47. The van der Waals surface area contributed by atoms with Crippen LogP contribution in [-0.4, -0.2) is 50.8 Å². The molecule has 0 aromatic carbocycles. The topological polar surface area (TPSA) is 102 Å². The Bertz CT molecular complexity index is 1050. The van der Waals surface area contributed by atoms with E-state index in [1.807, 2.05) is 6.92 Å². The average Bonchev–Trinajstić information content (AvgIpc) is 3.19. The third-order valence-electron chi connectivity index (χ3n) is 5.44. The van der Waals surface area contributed by atoms with Crippen molar-refractivity contribution in [3.63, 3.8) is 0 Å². The number of amides is 2. The molecular formula is C19H21F3N6O3. The number of hydrogen-bond acceptors (Lipinski definition) is 6. The van der Waals surface area contributed by atoms with E-state index in [0.29, 0.717) is 24.3 Å². The maximum absolute atomic E-state index is 13.0. The molecule has 0 aliphatic carbocycles. The maximum atomic E-state index is 13.0. The normalized spacial score (nSPS) is 23.4. The van der Waals surface area contributed by atoms with Gasteiger partial charge in [0.05, 0.1) is 24.4 Å². The smallest absolute Gasteiger partial charge is 0.364 e. The summed E-state index contributed by atoms with van der Waals surface area (Å²) >= 11 is 0. The van der Waals surface area contributed by atoms with Crippen LogP contribution < -0.4 is 10.2 Å². The number of carbonyl (C=O) groups is 2. The number of fused-ring (bicyclic) bond motifs is 2. The second-order valence-corrected chi connectivity index (χ2v) is 7.96. The van der Waals surface area contributed by atoms with Gasteiger partial charge in [-0.1, -0.05) is 0 Å². The average molecular weight is 438 g/mol. The Morgan fingerprint density at radius 1 is 1.42 bits per heavy atom. The summed E-state index contributed by atoms with van der Waals surface area (Å²) in [5, 5.41) is 6.93. The van der Waals surface area contributed by atoms with E-state index in [9.17, 15) is 22.8 Å². The predicted octanol–water partition coefficient (Wildman–Crippen LogP) is 1.84. The van der Waals surface area contributed by atoms with E-state index in [0.717, 1.165) is 5.69 Å². The third kappa shape index (κ3) is 3.99. The van der Waals surface area contributed by atoms with E-state index in [1.54, 1.807) is 17.8 Å². The molecule has 4 heterocycles. The minimum absolute atomic E-state index is 0.0323. The molecule has 2 aromatic heterocycles. The molecule has 2 aliphatic heterocycles. The van der Waals surface area contributed by atoms with Crippen molar-refractivity contribution >= 4 is 17.6 Å². The SMILES string of the molecule is Cc1cc2n(n1)CCC(NC(=O)c1ncc3c(n1)[C@](C)(CC(F)(F)F)OC3)C(=O)N2C. The van der Waals surface area contributed by atoms with Crippen molar-refractivity contribution in [1.82, 2.24) is 25.1 Å². The second-order valence-electron chi connectivity index (χ2n) is 7.96. The van der Waals surface area contributed by atoms with Gasteiger partial charge in [0.2, 0.25) is 5.82 Å². The number of hydrogen-bond donors (Lipinski definition) is 1. The van der Waals surface area contributed by atoms with Gasteiger partial charge in [0.25, 0.3) is 11.8 Å². The summed E-state index contributed by atoms with van der Waals surface area (Å²) in [4.78, 5) is 35.0. The number of ether oxygens (including phenoxy) is 1. The first-order valence-electron chi connectivity index (χ1n) is 9.67. The van der Waals surface area contributed by atoms with Gasteiger partial charge in [-0.2, -0.15) is 18.3 Å². The van der Waals surface area contributed by atoms with Crippen LogP contribution in [0.25, 0.3) is 0 Å². The molecule has 0 spiro atoms. The highest BCUT2D eigenvalue weighted by Gasteiger charge is 2.47. The van der Waals surface area contributed by atoms with Crippen molar-refractivity contribution in [2.45, 2.75) is 57.7 Å². The van der Waals surface area contributed by atoms with E-state index in [-0.39, 0.29) is 24.0 Å². The third-order valence-corrected chi connectivity index (χ3v) is 5.44. The van der Waals surface area contributed by atoms with Crippen LogP contribution in [0.4, 0.5) is 19.0 Å². The fraction of sp³-hybridized carbons (Fsp3) is 0.526. The molecule has 166 valence electrons. The molecule has 2 aliphatic rings. The van der Waals surface area contributed by atoms with Crippen LogP contribution in [0.1, 0.15) is 47.3 Å². The lowest BCUT2D eigenvalue weighted by atomic mass is 9.96. The number of carbonyl (C=O) groups excluding carboxylic acids is 2. The highest BCUT2D eigenvalue weighted by Crippen LogP contribution is 2.42. The highest BCUT2D eigenvalue weighted by atomic mass is 19.4. The number of nitrogens with one attached hydrogen (secondary N) is 1. The zero-order chi connectivity index (χ0) is 22.6. The summed E-state index contributed by atoms with van der Waals surface area (Å²) in [6.07, 6.45) is -4.12. The maximum Gasteiger partial charge on any atom is 0.392 e. The number of anilines is 1. The van der Waals surface area contributed by atoms with E-state index < -0.39 is 30.1 Å². The number of halogens is 3. The summed E-state index contributed by atoms with van der Waals surface area (Å²) in [5.74, 6) is -0.774. The van der Waals surface area contributed by atoms with Gasteiger partial charge in [-0.05, 0) is 20.3 Å². The van der Waals surface area contributed by atoms with Crippen LogP contribution in [0.2, 0.25) is 0 Å². The Morgan fingerprint density at radius 3 is 2.87 bits per heavy atom. The molecule has 2 atom stereocenters. The first-order chi connectivity index (χ1) is 14.5. The minimum atomic E-state index is -4.47. The molecule has 0 saturated carbocycles. The van der Waals surface area contributed by atoms with Gasteiger partial charge in [-0.3, -0.25) is 14.5 Å². The minimum Gasteiger partial charge on any atom is -0.364 e. The summed E-state index contributed by atoms with van der Waals surface area (Å²) in [5.41, 5.74) is -0.496. The lowest BCUT2D eigenvalue weighted by Gasteiger charge is -2.25. The van der Waals surface area contributed by atoms with Crippen molar-refractivity contribution in [3.8, 4) is 0 Å². The van der Waals surface area contributed by atoms with Gasteiger partial charge in [0.1, 0.15) is 17.5 Å². The van der Waals surface area contributed by atoms with Crippen molar-refractivity contribution in [1.29, 1.82) is 0 Å². The molecule has 12 heteroatoms. The van der Waals surface area contributed by atoms with Gasteiger partial charge in [0, 0.05) is 31.4 Å². The molecule has 4 rings (SSSR count). The van der Waals surface area contributed by atoms with Crippen molar-refractivity contribution in [3.05, 3.63) is 35.0 Å². The molecule has 31 heavy (non-hydrogen) atoms. The van der Waals surface area contributed by atoms with Crippen LogP contribution >= 0.6 is 0 Å². The summed E-state index contributed by atoms with van der Waals surface area (Å²) in [6.45, 7) is 3.45. The number of rotatable bonds is 3. The fourth-order valence-electron chi connectivity index (χ4n) is 3.95. The van der Waals surface area contributed by atoms with E-state index in [2.05, 4.69) is 20.4 Å². The van der Waals surface area contributed by atoms with Crippen molar-refractivity contribution in [2.75, 3.05) is 11.9 Å². The zero-order valence-corrected chi connectivity index (χ0v) is 17.2. The van der Waals surface area contributed by atoms with Crippen LogP contribution in [0.5, 0.6) is 0 Å². The van der Waals surface area contributed by atoms with E-state index in [4.69, 9.17) is 4.74 Å². The Kier molecular flexibility index (Phi) is 4.99. The Morgan fingerprint density at radius 2 is 2.16 bits per heavy atom. The summed E-state index contributed by atoms with van der Waals surface area (Å²) in [6, 6.07) is 0.918. The van der Waals surface area contributed by atoms with Crippen LogP contribution in [0.15, 0.2) is 12.3 Å². The molecule has 2 amide bonds. The largest absolute Gasteiger partial charge is 0.392 e. The number of nitrogens with zero attached hydrogens (tertiary/aromatic N) is 5. The lowest BCUT2D eigenvalue weighted by molar-refractivity contribution is -0.185. The predicted molar refractivity (Wildman–Crippen MR) is 101 cm³/mol. The first-order valence-corrected chi connectivity index (χ1v) is 9.67. The molecule has 2 aromatic rings. The Hall–Kier alpha value is -3.02. The molecule has 1 unspecified atom stereocenters. The van der Waals surface area contributed by atoms with E-state index in [1.165, 1.54) is 18.0 Å². The standard InChI is InChI=1S/C19H21F3N6O3/c1-10-6-13-27(3)17(30)12(4-5-28(13)26-10)24-16(29)15-23-7-11-8-31-18(2,14(11)25-15)9-19(20,21)22/h6-7,12H,4-5,8-9H2,1-3H3,(H,24,29)/t12?,18-/m0/s1. The molecule has 9 nitrogen and oxygen atoms in total. The van der Waals surface area contributed by atoms with Crippen LogP contribution in [0, 0.1) is 6.92 Å².